The zero-order valence-electron chi connectivity index (χ0n) is 13.4. The molecule has 0 radical (unpaired) electrons. The minimum absolute atomic E-state index is 0.113. The lowest BCUT2D eigenvalue weighted by Gasteiger charge is -2.38. The Bertz CT molecular complexity index is 659. The normalized spacial score (nSPS) is 20.6. The van der Waals surface area contributed by atoms with Gasteiger partial charge in [0.2, 0.25) is 5.91 Å². The highest BCUT2D eigenvalue weighted by Gasteiger charge is 2.36. The van der Waals surface area contributed by atoms with Gasteiger partial charge >= 0.3 is 5.69 Å². The monoisotopic (exact) mass is 308 g/mol. The van der Waals surface area contributed by atoms with Crippen molar-refractivity contribution in [1.29, 1.82) is 0 Å². The third-order valence-electron chi connectivity index (χ3n) is 4.27. The van der Waals surface area contributed by atoms with Crippen LogP contribution in [0.1, 0.15) is 39.2 Å². The molecule has 3 N–H and O–H groups in total. The Hall–Kier alpha value is -1.89. The lowest BCUT2D eigenvalue weighted by atomic mass is 9.77. The summed E-state index contributed by atoms with van der Waals surface area (Å²) in [5.74, 6) is -0.113. The average Bonchev–Trinajstić information content (AvgIpc) is 2.45. The van der Waals surface area contributed by atoms with E-state index in [2.05, 4.69) is 29.5 Å². The molecule has 22 heavy (non-hydrogen) atoms. The largest absolute Gasteiger partial charge is 0.350 e. The van der Waals surface area contributed by atoms with Crippen molar-refractivity contribution in [3.05, 3.63) is 32.6 Å². The number of hydrogen-bond acceptors (Lipinski definition) is 4. The fourth-order valence-electron chi connectivity index (χ4n) is 2.86. The van der Waals surface area contributed by atoms with E-state index in [0.717, 1.165) is 19.4 Å². The smallest absolute Gasteiger partial charge is 0.328 e. The number of carbonyl (C=O) groups is 1. The Labute approximate surface area is 129 Å². The maximum absolute atomic E-state index is 12.4. The SMILES string of the molecule is CCn1cc(CNC(=O)C2NCCCC2(C)C)c(=O)[nH]c1=O. The topological polar surface area (TPSA) is 96.0 Å². The lowest BCUT2D eigenvalue weighted by Crippen LogP contribution is -2.55. The van der Waals surface area contributed by atoms with Gasteiger partial charge in [-0.3, -0.25) is 14.6 Å². The molecule has 2 heterocycles. The number of amides is 1. The zero-order chi connectivity index (χ0) is 16.3. The lowest BCUT2D eigenvalue weighted by molar-refractivity contribution is -0.126. The van der Waals surface area contributed by atoms with Crippen molar-refractivity contribution in [3.8, 4) is 0 Å². The van der Waals surface area contributed by atoms with Crippen LogP contribution in [0.2, 0.25) is 0 Å². The standard InChI is InChI=1S/C15H24N4O3/c1-4-19-9-10(12(20)18-14(19)22)8-17-13(21)11-15(2,3)6-5-7-16-11/h9,11,16H,4-8H2,1-3H3,(H,17,21)(H,18,20,22). The van der Waals surface area contributed by atoms with Crippen LogP contribution in [0, 0.1) is 5.41 Å². The van der Waals surface area contributed by atoms with Gasteiger partial charge in [-0.05, 0) is 31.7 Å². The maximum atomic E-state index is 12.4. The Balaban J connectivity index is 2.08. The predicted molar refractivity (Wildman–Crippen MR) is 83.6 cm³/mol. The number of rotatable bonds is 4. The molecule has 1 atom stereocenters. The van der Waals surface area contributed by atoms with Gasteiger partial charge in [-0.1, -0.05) is 13.8 Å². The van der Waals surface area contributed by atoms with Gasteiger partial charge < -0.3 is 15.2 Å². The van der Waals surface area contributed by atoms with Gasteiger partial charge in [-0.25, -0.2) is 4.79 Å². The first-order valence-electron chi connectivity index (χ1n) is 7.69. The Morgan fingerprint density at radius 1 is 1.45 bits per heavy atom. The number of aryl methyl sites for hydroxylation is 1. The first-order chi connectivity index (χ1) is 10.3. The van der Waals surface area contributed by atoms with Crippen molar-refractivity contribution in [3.63, 3.8) is 0 Å². The number of aromatic nitrogens is 2. The summed E-state index contributed by atoms with van der Waals surface area (Å²) < 4.78 is 1.41. The minimum Gasteiger partial charge on any atom is -0.350 e. The fraction of sp³-hybridized carbons (Fsp3) is 0.667. The van der Waals surface area contributed by atoms with E-state index < -0.39 is 11.2 Å². The summed E-state index contributed by atoms with van der Waals surface area (Å²) in [5, 5.41) is 6.04. The molecule has 7 nitrogen and oxygen atoms in total. The molecule has 0 spiro atoms. The number of piperidine rings is 1. The molecule has 0 saturated carbocycles. The minimum atomic E-state index is -0.453. The van der Waals surface area contributed by atoms with E-state index >= 15 is 0 Å². The van der Waals surface area contributed by atoms with E-state index in [4.69, 9.17) is 0 Å². The van der Waals surface area contributed by atoms with Crippen molar-refractivity contribution < 1.29 is 4.79 Å². The molecule has 1 aromatic heterocycles. The Kier molecular flexibility index (Phi) is 4.85. The van der Waals surface area contributed by atoms with Crippen molar-refractivity contribution in [1.82, 2.24) is 20.2 Å². The molecule has 0 bridgehead atoms. The molecule has 1 amide bonds. The number of hydrogen-bond donors (Lipinski definition) is 3. The molecule has 0 aliphatic carbocycles. The maximum Gasteiger partial charge on any atom is 0.328 e. The van der Waals surface area contributed by atoms with Gasteiger partial charge in [-0.2, -0.15) is 0 Å². The zero-order valence-corrected chi connectivity index (χ0v) is 13.4. The van der Waals surface area contributed by atoms with Crippen LogP contribution in [0.15, 0.2) is 15.8 Å². The second-order valence-electron chi connectivity index (χ2n) is 6.40. The van der Waals surface area contributed by atoms with E-state index in [1.807, 2.05) is 6.92 Å². The number of H-pyrrole nitrogens is 1. The molecule has 0 aromatic carbocycles. The van der Waals surface area contributed by atoms with E-state index in [9.17, 15) is 14.4 Å². The molecule has 1 aliphatic rings. The highest BCUT2D eigenvalue weighted by atomic mass is 16.2. The van der Waals surface area contributed by atoms with Crippen LogP contribution in [0.25, 0.3) is 0 Å². The molecule has 7 heteroatoms. The molecule has 1 aromatic rings. The highest BCUT2D eigenvalue weighted by Crippen LogP contribution is 2.30. The van der Waals surface area contributed by atoms with Crippen LogP contribution in [0.3, 0.4) is 0 Å². The molecule has 1 aliphatic heterocycles. The van der Waals surface area contributed by atoms with Crippen LogP contribution in [-0.4, -0.2) is 28.0 Å². The van der Waals surface area contributed by atoms with E-state index in [-0.39, 0.29) is 23.9 Å². The van der Waals surface area contributed by atoms with E-state index in [0.29, 0.717) is 12.1 Å². The third kappa shape index (κ3) is 3.47. The van der Waals surface area contributed by atoms with Gasteiger partial charge in [0.1, 0.15) is 0 Å². The number of aromatic amines is 1. The van der Waals surface area contributed by atoms with Gasteiger partial charge in [-0.15, -0.1) is 0 Å². The van der Waals surface area contributed by atoms with Crippen LogP contribution in [-0.2, 0) is 17.9 Å². The van der Waals surface area contributed by atoms with Gasteiger partial charge in [0.25, 0.3) is 5.56 Å². The van der Waals surface area contributed by atoms with Crippen LogP contribution < -0.4 is 21.9 Å². The molecular formula is C15H24N4O3. The summed E-state index contributed by atoms with van der Waals surface area (Å²) in [7, 11) is 0. The first-order valence-corrected chi connectivity index (χ1v) is 7.69. The van der Waals surface area contributed by atoms with Gasteiger partial charge in [0.15, 0.2) is 0 Å². The summed E-state index contributed by atoms with van der Waals surface area (Å²) >= 11 is 0. The van der Waals surface area contributed by atoms with Crippen LogP contribution >= 0.6 is 0 Å². The molecule has 2 rings (SSSR count). The molecular weight excluding hydrogens is 284 g/mol. The van der Waals surface area contributed by atoms with Gasteiger partial charge in [0.05, 0.1) is 11.6 Å². The number of nitrogens with one attached hydrogen (secondary N) is 3. The Morgan fingerprint density at radius 3 is 2.82 bits per heavy atom. The first kappa shape index (κ1) is 16.5. The second-order valence-corrected chi connectivity index (χ2v) is 6.40. The number of carbonyl (C=O) groups excluding carboxylic acids is 1. The Morgan fingerprint density at radius 2 is 2.18 bits per heavy atom. The number of nitrogens with zero attached hydrogens (tertiary/aromatic N) is 1. The van der Waals surface area contributed by atoms with Crippen LogP contribution in [0.4, 0.5) is 0 Å². The van der Waals surface area contributed by atoms with Crippen molar-refractivity contribution in [2.24, 2.45) is 5.41 Å². The van der Waals surface area contributed by atoms with Crippen molar-refractivity contribution in [2.75, 3.05) is 6.54 Å². The summed E-state index contributed by atoms with van der Waals surface area (Å²) in [6.07, 6.45) is 3.54. The molecule has 122 valence electrons. The molecule has 1 fully saturated rings. The highest BCUT2D eigenvalue weighted by molar-refractivity contribution is 5.82. The third-order valence-corrected chi connectivity index (χ3v) is 4.27. The second kappa shape index (κ2) is 6.48. The fourth-order valence-corrected chi connectivity index (χ4v) is 2.86. The summed E-state index contributed by atoms with van der Waals surface area (Å²) in [4.78, 5) is 37.9. The van der Waals surface area contributed by atoms with Crippen molar-refractivity contribution >= 4 is 5.91 Å². The molecule has 1 unspecified atom stereocenters. The average molecular weight is 308 g/mol. The molecule has 1 saturated heterocycles. The van der Waals surface area contributed by atoms with Gasteiger partial charge in [0, 0.05) is 19.3 Å². The van der Waals surface area contributed by atoms with Crippen molar-refractivity contribution in [2.45, 2.75) is 52.7 Å². The van der Waals surface area contributed by atoms with Crippen LogP contribution in [0.5, 0.6) is 0 Å². The van der Waals surface area contributed by atoms with E-state index in [1.54, 1.807) is 0 Å². The summed E-state index contributed by atoms with van der Waals surface area (Å²) in [6.45, 7) is 7.34. The quantitative estimate of drug-likeness (QED) is 0.727. The summed E-state index contributed by atoms with van der Waals surface area (Å²) in [6, 6.07) is -0.266. The predicted octanol–water partition coefficient (Wildman–Crippen LogP) is -0.0491. The summed E-state index contributed by atoms with van der Waals surface area (Å²) in [5.41, 5.74) is -0.622. The van der Waals surface area contributed by atoms with E-state index in [1.165, 1.54) is 10.8 Å².